The smallest absolute Gasteiger partial charge is 0.256 e. The average molecular weight is 394 g/mol. The van der Waals surface area contributed by atoms with Crippen molar-refractivity contribution in [1.82, 2.24) is 10.2 Å². The number of thioether (sulfide) groups is 2. The number of carbonyl (C=O) groups excluding carboxylic acids is 3. The summed E-state index contributed by atoms with van der Waals surface area (Å²) in [6.07, 6.45) is 2.16. The summed E-state index contributed by atoms with van der Waals surface area (Å²) in [5, 5.41) is 13.7. The molecule has 0 unspecified atom stereocenters. The number of hydrogen-bond acceptors (Lipinski definition) is 6. The second-order valence-corrected chi connectivity index (χ2v) is 9.66. The Kier molecular flexibility index (Phi) is 5.25. The molecule has 1 aromatic carbocycles. The summed E-state index contributed by atoms with van der Waals surface area (Å²) < 4.78 is -0.534. The van der Waals surface area contributed by atoms with Gasteiger partial charge in [-0.25, -0.2) is 0 Å². The Bertz CT molecular complexity index is 752. The van der Waals surface area contributed by atoms with E-state index in [0.29, 0.717) is 11.3 Å². The fourth-order valence-corrected chi connectivity index (χ4v) is 5.60. The summed E-state index contributed by atoms with van der Waals surface area (Å²) >= 11 is 3.05. The molecule has 8 heteroatoms. The minimum absolute atomic E-state index is 0.182. The van der Waals surface area contributed by atoms with E-state index in [1.165, 1.54) is 11.8 Å². The van der Waals surface area contributed by atoms with E-state index in [9.17, 15) is 19.5 Å². The maximum Gasteiger partial charge on any atom is 0.256 e. The minimum atomic E-state index is -1.30. The van der Waals surface area contributed by atoms with E-state index in [1.807, 2.05) is 32.2 Å². The van der Waals surface area contributed by atoms with Crippen LogP contribution in [0.2, 0.25) is 0 Å². The molecule has 3 atom stereocenters. The Hall–Kier alpha value is -1.67. The topological polar surface area (TPSA) is 89.5 Å². The van der Waals surface area contributed by atoms with Crippen molar-refractivity contribution < 1.29 is 19.5 Å². The number of rotatable bonds is 6. The largest absolute Gasteiger partial charge is 0.548 e. The quantitative estimate of drug-likeness (QED) is 0.776. The van der Waals surface area contributed by atoms with Crippen LogP contribution < -0.4 is 10.4 Å². The Labute approximate surface area is 161 Å². The summed E-state index contributed by atoms with van der Waals surface area (Å²) in [6, 6.07) is 5.55. The SMILES string of the molecule is CSCC[C@H](NC(=O)[C@H]1N2C(=O)c3ccccc3[C@@H]2SC1(C)C)C(=O)[O-]. The number of amides is 2. The zero-order chi connectivity index (χ0) is 19.1. The van der Waals surface area contributed by atoms with Gasteiger partial charge in [-0.15, -0.1) is 11.8 Å². The van der Waals surface area contributed by atoms with Gasteiger partial charge in [-0.05, 0) is 43.9 Å². The molecular formula is C18H21N2O4S2-. The number of carbonyl (C=O) groups is 3. The normalized spacial score (nSPS) is 24.1. The lowest BCUT2D eigenvalue weighted by Gasteiger charge is -2.31. The molecule has 0 radical (unpaired) electrons. The second-order valence-electron chi connectivity index (χ2n) is 6.94. The summed E-state index contributed by atoms with van der Waals surface area (Å²) in [5.74, 6) is -1.33. The van der Waals surface area contributed by atoms with Gasteiger partial charge >= 0.3 is 0 Å². The number of carboxylic acid groups (broad SMARTS) is 1. The minimum Gasteiger partial charge on any atom is -0.548 e. The molecule has 0 bridgehead atoms. The molecule has 1 aromatic rings. The Morgan fingerprint density at radius 2 is 2.08 bits per heavy atom. The fourth-order valence-electron chi connectivity index (χ4n) is 3.54. The first-order chi connectivity index (χ1) is 12.3. The molecule has 0 saturated carbocycles. The van der Waals surface area contributed by atoms with E-state index in [4.69, 9.17) is 0 Å². The highest BCUT2D eigenvalue weighted by Crippen LogP contribution is 2.56. The number of nitrogens with zero attached hydrogens (tertiary/aromatic N) is 1. The highest BCUT2D eigenvalue weighted by atomic mass is 32.2. The molecule has 0 aliphatic carbocycles. The number of aliphatic carboxylic acids is 1. The summed E-state index contributed by atoms with van der Waals surface area (Å²) in [5.41, 5.74) is 1.52. The summed E-state index contributed by atoms with van der Waals surface area (Å²) in [6.45, 7) is 3.82. The molecule has 140 valence electrons. The van der Waals surface area contributed by atoms with Gasteiger partial charge in [0, 0.05) is 10.3 Å². The standard InChI is InChI=1S/C18H22N2O4S2/c1-18(2)13(14(21)19-12(17(23)24)8-9-25-3)20-15(22)10-6-4-5-7-11(10)16(20)26-18/h4-7,12-13,16H,8-9H2,1-3H3,(H,19,21)(H,23,24)/p-1/t12-,13+,16-/m0/s1. The predicted molar refractivity (Wildman–Crippen MR) is 101 cm³/mol. The van der Waals surface area contributed by atoms with Crippen LogP contribution in [0, 0.1) is 0 Å². The number of benzene rings is 1. The van der Waals surface area contributed by atoms with E-state index in [-0.39, 0.29) is 17.7 Å². The lowest BCUT2D eigenvalue weighted by Crippen LogP contribution is -2.57. The average Bonchev–Trinajstić information content (AvgIpc) is 3.01. The molecule has 2 aliphatic heterocycles. The Balaban J connectivity index is 1.86. The van der Waals surface area contributed by atoms with E-state index in [2.05, 4.69) is 5.32 Å². The molecule has 1 saturated heterocycles. The number of hydrogen-bond donors (Lipinski definition) is 1. The van der Waals surface area contributed by atoms with Crippen molar-refractivity contribution >= 4 is 41.3 Å². The molecule has 26 heavy (non-hydrogen) atoms. The highest BCUT2D eigenvalue weighted by Gasteiger charge is 2.57. The van der Waals surface area contributed by atoms with Crippen molar-refractivity contribution in [2.45, 2.75) is 42.5 Å². The van der Waals surface area contributed by atoms with Crippen LogP contribution in [0.3, 0.4) is 0 Å². The van der Waals surface area contributed by atoms with Gasteiger partial charge in [-0.2, -0.15) is 11.8 Å². The maximum absolute atomic E-state index is 13.0. The molecular weight excluding hydrogens is 372 g/mol. The first kappa shape index (κ1) is 19.1. The van der Waals surface area contributed by atoms with E-state index in [0.717, 1.165) is 5.56 Å². The third kappa shape index (κ3) is 3.20. The zero-order valence-corrected chi connectivity index (χ0v) is 16.5. The lowest BCUT2D eigenvalue weighted by atomic mass is 10.00. The maximum atomic E-state index is 13.0. The molecule has 2 aliphatic rings. The second kappa shape index (κ2) is 7.15. The number of fused-ring (bicyclic) bond motifs is 3. The van der Waals surface area contributed by atoms with Gasteiger partial charge in [-0.1, -0.05) is 18.2 Å². The van der Waals surface area contributed by atoms with Crippen molar-refractivity contribution in [3.05, 3.63) is 35.4 Å². The van der Waals surface area contributed by atoms with Crippen LogP contribution in [0.1, 0.15) is 41.6 Å². The van der Waals surface area contributed by atoms with Crippen LogP contribution in [-0.2, 0) is 9.59 Å². The lowest BCUT2D eigenvalue weighted by molar-refractivity contribution is -0.308. The van der Waals surface area contributed by atoms with Gasteiger partial charge in [0.05, 0.1) is 12.0 Å². The van der Waals surface area contributed by atoms with Gasteiger partial charge in [-0.3, -0.25) is 9.59 Å². The van der Waals surface area contributed by atoms with Gasteiger partial charge in [0.25, 0.3) is 5.91 Å². The van der Waals surface area contributed by atoms with E-state index < -0.39 is 28.7 Å². The third-order valence-corrected chi connectivity index (χ3v) is 6.94. The van der Waals surface area contributed by atoms with Crippen molar-refractivity contribution in [2.75, 3.05) is 12.0 Å². The number of nitrogens with one attached hydrogen (secondary N) is 1. The molecule has 1 N–H and O–H groups in total. The van der Waals surface area contributed by atoms with Crippen LogP contribution in [0.25, 0.3) is 0 Å². The van der Waals surface area contributed by atoms with Gasteiger partial charge in [0.15, 0.2) is 0 Å². The van der Waals surface area contributed by atoms with Crippen LogP contribution in [0.5, 0.6) is 0 Å². The molecule has 1 fully saturated rings. The molecule has 0 spiro atoms. The van der Waals surface area contributed by atoms with E-state index in [1.54, 1.807) is 28.8 Å². The Morgan fingerprint density at radius 3 is 2.73 bits per heavy atom. The fraction of sp³-hybridized carbons (Fsp3) is 0.500. The van der Waals surface area contributed by atoms with Crippen molar-refractivity contribution in [2.24, 2.45) is 0 Å². The van der Waals surface area contributed by atoms with Gasteiger partial charge in [0.1, 0.15) is 11.4 Å². The third-order valence-electron chi connectivity index (χ3n) is 4.76. The van der Waals surface area contributed by atoms with Crippen LogP contribution in [-0.4, -0.2) is 51.5 Å². The first-order valence-corrected chi connectivity index (χ1v) is 10.6. The zero-order valence-electron chi connectivity index (χ0n) is 14.9. The molecule has 3 rings (SSSR count). The monoisotopic (exact) mass is 393 g/mol. The van der Waals surface area contributed by atoms with Gasteiger partial charge in [0.2, 0.25) is 5.91 Å². The number of carboxylic acids is 1. The van der Waals surface area contributed by atoms with E-state index >= 15 is 0 Å². The van der Waals surface area contributed by atoms with Crippen LogP contribution >= 0.6 is 23.5 Å². The molecule has 6 nitrogen and oxygen atoms in total. The van der Waals surface area contributed by atoms with Crippen LogP contribution in [0.4, 0.5) is 0 Å². The first-order valence-electron chi connectivity index (χ1n) is 8.37. The van der Waals surface area contributed by atoms with Crippen LogP contribution in [0.15, 0.2) is 24.3 Å². The molecule has 2 amide bonds. The Morgan fingerprint density at radius 1 is 1.38 bits per heavy atom. The van der Waals surface area contributed by atoms with Gasteiger partial charge < -0.3 is 20.1 Å². The molecule has 0 aromatic heterocycles. The van der Waals surface area contributed by atoms with Crippen molar-refractivity contribution in [1.29, 1.82) is 0 Å². The summed E-state index contributed by atoms with van der Waals surface area (Å²) in [4.78, 5) is 38.8. The predicted octanol–water partition coefficient (Wildman–Crippen LogP) is 1.02. The summed E-state index contributed by atoms with van der Waals surface area (Å²) in [7, 11) is 0. The molecule has 2 heterocycles. The van der Waals surface area contributed by atoms with Crippen molar-refractivity contribution in [3.8, 4) is 0 Å². The van der Waals surface area contributed by atoms with Crippen molar-refractivity contribution in [3.63, 3.8) is 0 Å². The highest BCUT2D eigenvalue weighted by molar-refractivity contribution is 8.01.